The Morgan fingerprint density at radius 3 is 2.29 bits per heavy atom. The number of anilines is 1. The summed E-state index contributed by atoms with van der Waals surface area (Å²) in [5, 5.41) is 13.6. The molecule has 6 rings (SSSR count). The summed E-state index contributed by atoms with van der Waals surface area (Å²) in [6.07, 6.45) is 7.46. The maximum Gasteiger partial charge on any atom is 0.115 e. The predicted molar refractivity (Wildman–Crippen MR) is 140 cm³/mol. The van der Waals surface area contributed by atoms with Crippen LogP contribution in [0.5, 0.6) is 5.75 Å². The number of aryl methyl sites for hydroxylation is 1. The van der Waals surface area contributed by atoms with E-state index >= 15 is 0 Å². The second-order valence-corrected chi connectivity index (χ2v) is 10.8. The first-order chi connectivity index (χ1) is 16.7. The molecule has 2 saturated heterocycles. The summed E-state index contributed by atoms with van der Waals surface area (Å²) in [4.78, 5) is 2.58. The molecule has 0 radical (unpaired) electrons. The van der Waals surface area contributed by atoms with E-state index in [2.05, 4.69) is 70.9 Å². The van der Waals surface area contributed by atoms with Gasteiger partial charge in [-0.2, -0.15) is 0 Å². The van der Waals surface area contributed by atoms with Crippen LogP contribution in [0.2, 0.25) is 0 Å². The molecule has 1 aliphatic carbocycles. The highest BCUT2D eigenvalue weighted by atomic mass is 16.3. The van der Waals surface area contributed by atoms with E-state index in [0.29, 0.717) is 23.0 Å². The quantitative estimate of drug-likeness (QED) is 0.495. The molecule has 2 atom stereocenters. The van der Waals surface area contributed by atoms with Crippen molar-refractivity contribution >= 4 is 5.69 Å². The molecule has 0 aromatic heterocycles. The average molecular weight is 453 g/mol. The van der Waals surface area contributed by atoms with E-state index in [0.717, 1.165) is 12.8 Å². The van der Waals surface area contributed by atoms with Crippen LogP contribution in [0.15, 0.2) is 72.8 Å². The first kappa shape index (κ1) is 21.7. The molecule has 0 bridgehead atoms. The molecule has 2 N–H and O–H groups in total. The first-order valence-corrected chi connectivity index (χ1v) is 13.1. The lowest BCUT2D eigenvalue weighted by Gasteiger charge is -2.52. The van der Waals surface area contributed by atoms with Gasteiger partial charge in [0, 0.05) is 30.1 Å². The molecule has 3 aromatic rings. The Balaban J connectivity index is 1.26. The number of aromatic hydroxyl groups is 1. The zero-order valence-electron chi connectivity index (χ0n) is 20.0. The van der Waals surface area contributed by atoms with Gasteiger partial charge >= 0.3 is 0 Å². The summed E-state index contributed by atoms with van der Waals surface area (Å²) < 4.78 is 0. The fourth-order valence-electron chi connectivity index (χ4n) is 6.86. The van der Waals surface area contributed by atoms with Gasteiger partial charge in [-0.1, -0.05) is 48.5 Å². The highest BCUT2D eigenvalue weighted by Crippen LogP contribution is 2.48. The van der Waals surface area contributed by atoms with Crippen molar-refractivity contribution in [2.45, 2.75) is 50.4 Å². The third-order valence-electron chi connectivity index (χ3n) is 8.61. The minimum Gasteiger partial charge on any atom is -0.508 e. The van der Waals surface area contributed by atoms with Gasteiger partial charge in [-0.25, -0.2) is 0 Å². The summed E-state index contributed by atoms with van der Waals surface area (Å²) in [6.45, 7) is 4.79. The number of fused-ring (bicyclic) bond motifs is 1. The molecule has 0 amide bonds. The summed E-state index contributed by atoms with van der Waals surface area (Å²) >= 11 is 0. The van der Waals surface area contributed by atoms with Gasteiger partial charge < -0.3 is 15.3 Å². The zero-order valence-corrected chi connectivity index (χ0v) is 20.0. The molecule has 3 aromatic carbocycles. The third kappa shape index (κ3) is 4.11. The van der Waals surface area contributed by atoms with Crippen LogP contribution in [0.25, 0.3) is 0 Å². The largest absolute Gasteiger partial charge is 0.508 e. The molecular formula is C31H36N2O. The maximum atomic E-state index is 10.1. The van der Waals surface area contributed by atoms with Gasteiger partial charge in [-0.15, -0.1) is 0 Å². The normalized spacial score (nSPS) is 24.1. The second kappa shape index (κ2) is 9.11. The number of phenols is 1. The van der Waals surface area contributed by atoms with Gasteiger partial charge in [0.2, 0.25) is 0 Å². The fourth-order valence-corrected chi connectivity index (χ4v) is 6.86. The highest BCUT2D eigenvalue weighted by Gasteiger charge is 2.42. The summed E-state index contributed by atoms with van der Waals surface area (Å²) in [5.41, 5.74) is 7.38. The third-order valence-corrected chi connectivity index (χ3v) is 8.61. The highest BCUT2D eigenvalue weighted by molar-refractivity contribution is 5.54. The Morgan fingerprint density at radius 2 is 1.56 bits per heavy atom. The van der Waals surface area contributed by atoms with Crippen molar-refractivity contribution in [3.8, 4) is 5.75 Å². The van der Waals surface area contributed by atoms with Crippen LogP contribution < -0.4 is 10.2 Å². The molecule has 2 heterocycles. The Kier molecular flexibility index (Phi) is 5.82. The van der Waals surface area contributed by atoms with Crippen molar-refractivity contribution in [3.63, 3.8) is 0 Å². The number of nitrogens with one attached hydrogen (secondary N) is 1. The monoisotopic (exact) mass is 452 g/mol. The topological polar surface area (TPSA) is 35.5 Å². The molecule has 176 valence electrons. The number of benzene rings is 3. The maximum absolute atomic E-state index is 10.1. The van der Waals surface area contributed by atoms with Crippen LogP contribution in [0.3, 0.4) is 0 Å². The van der Waals surface area contributed by atoms with Crippen molar-refractivity contribution in [3.05, 3.63) is 95.1 Å². The molecule has 2 fully saturated rings. The lowest BCUT2D eigenvalue weighted by atomic mass is 9.69. The molecular weight excluding hydrogens is 416 g/mol. The van der Waals surface area contributed by atoms with E-state index in [1.165, 1.54) is 79.8 Å². The molecule has 3 nitrogen and oxygen atoms in total. The smallest absolute Gasteiger partial charge is 0.115 e. The van der Waals surface area contributed by atoms with E-state index < -0.39 is 0 Å². The Morgan fingerprint density at radius 1 is 0.824 bits per heavy atom. The van der Waals surface area contributed by atoms with E-state index in [9.17, 15) is 5.11 Å². The van der Waals surface area contributed by atoms with Gasteiger partial charge in [0.15, 0.2) is 0 Å². The Labute approximate surface area is 203 Å². The van der Waals surface area contributed by atoms with Gasteiger partial charge in [0.1, 0.15) is 5.75 Å². The Bertz CT molecular complexity index is 1110. The van der Waals surface area contributed by atoms with Crippen LogP contribution in [-0.4, -0.2) is 31.3 Å². The van der Waals surface area contributed by atoms with Crippen molar-refractivity contribution in [2.24, 2.45) is 5.41 Å². The minimum absolute atomic E-state index is 0.321. The van der Waals surface area contributed by atoms with Gasteiger partial charge in [0.25, 0.3) is 0 Å². The molecule has 34 heavy (non-hydrogen) atoms. The minimum atomic E-state index is 0.321. The first-order valence-electron chi connectivity index (χ1n) is 13.1. The number of hydrogen-bond donors (Lipinski definition) is 2. The van der Waals surface area contributed by atoms with Crippen molar-refractivity contribution in [1.82, 2.24) is 5.32 Å². The van der Waals surface area contributed by atoms with Crippen LogP contribution in [-0.2, 0) is 6.42 Å². The predicted octanol–water partition coefficient (Wildman–Crippen LogP) is 6.22. The fraction of sp³-hybridized carbons (Fsp3) is 0.419. The zero-order chi connectivity index (χ0) is 23.0. The van der Waals surface area contributed by atoms with Crippen molar-refractivity contribution in [2.75, 3.05) is 31.1 Å². The van der Waals surface area contributed by atoms with Crippen LogP contribution in [0, 0.1) is 5.41 Å². The SMILES string of the molecule is Oc1ccc2c(c1)CC[C@H](c1ccccc1)[C@@H]2c1ccc(N2CC3(CCCNCCC3)C2)cc1. The number of phenolic OH excluding ortho intramolecular Hbond substituents is 1. The van der Waals surface area contributed by atoms with Gasteiger partial charge in [-0.05, 0) is 104 Å². The average Bonchev–Trinajstić information content (AvgIpc) is 2.83. The second-order valence-electron chi connectivity index (χ2n) is 10.8. The van der Waals surface area contributed by atoms with E-state index in [1.54, 1.807) is 0 Å². The number of hydrogen-bond acceptors (Lipinski definition) is 3. The van der Waals surface area contributed by atoms with Crippen molar-refractivity contribution in [1.29, 1.82) is 0 Å². The molecule has 1 spiro atoms. The number of nitrogens with zero attached hydrogens (tertiary/aromatic N) is 1. The molecule has 3 heteroatoms. The van der Waals surface area contributed by atoms with Crippen molar-refractivity contribution < 1.29 is 5.11 Å². The lowest BCUT2D eigenvalue weighted by molar-refractivity contribution is 0.159. The summed E-state index contributed by atoms with van der Waals surface area (Å²) in [7, 11) is 0. The Hall–Kier alpha value is -2.78. The van der Waals surface area contributed by atoms with Crippen LogP contribution in [0.4, 0.5) is 5.69 Å². The van der Waals surface area contributed by atoms with Crippen LogP contribution >= 0.6 is 0 Å². The van der Waals surface area contributed by atoms with E-state index in [4.69, 9.17) is 0 Å². The summed E-state index contributed by atoms with van der Waals surface area (Å²) in [6, 6.07) is 26.4. The van der Waals surface area contributed by atoms with Crippen LogP contribution in [0.1, 0.15) is 66.2 Å². The number of rotatable bonds is 3. The standard InChI is InChI=1S/C31H36N2O/c34-27-13-15-29-25(20-27)10-14-28(23-6-2-1-3-7-23)30(29)24-8-11-26(12-9-24)33-21-31(22-33)16-4-18-32-19-5-17-31/h1-3,6-9,11-13,15,20,28,30,32,34H,4-5,10,14,16-19,21-22H2/t28-,30+/m1/s1. The van der Waals surface area contributed by atoms with Gasteiger partial charge in [0.05, 0.1) is 0 Å². The molecule has 2 aliphatic heterocycles. The molecule has 3 aliphatic rings. The lowest BCUT2D eigenvalue weighted by Crippen LogP contribution is -2.57. The molecule has 0 saturated carbocycles. The molecule has 0 unspecified atom stereocenters. The van der Waals surface area contributed by atoms with E-state index in [-0.39, 0.29) is 0 Å². The van der Waals surface area contributed by atoms with E-state index in [1.807, 2.05) is 12.1 Å². The summed E-state index contributed by atoms with van der Waals surface area (Å²) in [5.74, 6) is 1.16. The van der Waals surface area contributed by atoms with Gasteiger partial charge in [-0.3, -0.25) is 0 Å².